The van der Waals surface area contributed by atoms with Crippen LogP contribution in [0.25, 0.3) is 10.2 Å². The number of aromatic nitrogens is 1. The highest BCUT2D eigenvalue weighted by Gasteiger charge is 2.19. The fraction of sp³-hybridized carbons (Fsp3) is 0.391. The van der Waals surface area contributed by atoms with E-state index in [9.17, 15) is 4.79 Å². The Morgan fingerprint density at radius 1 is 1.03 bits per heavy atom. The number of thiazole rings is 1. The number of rotatable bonds is 10. The highest BCUT2D eigenvalue weighted by atomic mass is 35.5. The van der Waals surface area contributed by atoms with E-state index in [-0.39, 0.29) is 18.3 Å². The van der Waals surface area contributed by atoms with Crippen molar-refractivity contribution in [1.29, 1.82) is 0 Å². The number of hydrogen-bond acceptors (Lipinski definition) is 5. The van der Waals surface area contributed by atoms with E-state index in [1.54, 1.807) is 11.3 Å². The molecular formula is C23H30ClN3OS2. The normalized spacial score (nSPS) is 10.9. The smallest absolute Gasteiger partial charge is 0.228 e. The fourth-order valence-corrected chi connectivity index (χ4v) is 4.89. The van der Waals surface area contributed by atoms with Gasteiger partial charge in [0.05, 0.1) is 10.2 Å². The van der Waals surface area contributed by atoms with Gasteiger partial charge in [-0.1, -0.05) is 41.2 Å². The van der Waals surface area contributed by atoms with E-state index in [0.29, 0.717) is 13.0 Å². The molecule has 1 heterocycles. The number of anilines is 1. The zero-order chi connectivity index (χ0) is 20.6. The number of thioether (sulfide) groups is 1. The van der Waals surface area contributed by atoms with Crippen molar-refractivity contribution in [2.24, 2.45) is 0 Å². The van der Waals surface area contributed by atoms with E-state index >= 15 is 0 Å². The number of halogens is 1. The summed E-state index contributed by atoms with van der Waals surface area (Å²) in [4.78, 5) is 23.0. The zero-order valence-corrected chi connectivity index (χ0v) is 20.3. The van der Waals surface area contributed by atoms with Crippen LogP contribution in [0, 0.1) is 6.92 Å². The Labute approximate surface area is 194 Å². The lowest BCUT2D eigenvalue weighted by molar-refractivity contribution is -0.118. The van der Waals surface area contributed by atoms with Crippen LogP contribution in [0.5, 0.6) is 0 Å². The quantitative estimate of drug-likeness (QED) is 0.277. The van der Waals surface area contributed by atoms with Gasteiger partial charge in [-0.05, 0) is 70.4 Å². The first-order valence-electron chi connectivity index (χ1n) is 10.0. The van der Waals surface area contributed by atoms with Crippen LogP contribution in [0.1, 0.15) is 24.8 Å². The van der Waals surface area contributed by atoms with E-state index < -0.39 is 0 Å². The van der Waals surface area contributed by atoms with E-state index in [1.807, 2.05) is 34.9 Å². The third-order valence-corrected chi connectivity index (χ3v) is 6.78. The number of carbonyl (C=O) groups is 1. The largest absolute Gasteiger partial charge is 0.309 e. The third-order valence-electron chi connectivity index (χ3n) is 4.63. The van der Waals surface area contributed by atoms with E-state index in [0.717, 1.165) is 40.5 Å². The van der Waals surface area contributed by atoms with Crippen molar-refractivity contribution in [1.82, 2.24) is 9.88 Å². The minimum atomic E-state index is 0. The molecule has 162 valence electrons. The second-order valence-electron chi connectivity index (χ2n) is 7.43. The molecule has 4 nitrogen and oxygen atoms in total. The average Bonchev–Trinajstić information content (AvgIpc) is 3.13. The van der Waals surface area contributed by atoms with Crippen molar-refractivity contribution >= 4 is 56.8 Å². The molecule has 0 aliphatic rings. The molecule has 30 heavy (non-hydrogen) atoms. The summed E-state index contributed by atoms with van der Waals surface area (Å²) in [5, 5.41) is 0.821. The van der Waals surface area contributed by atoms with Gasteiger partial charge >= 0.3 is 0 Å². The highest BCUT2D eigenvalue weighted by Crippen LogP contribution is 2.29. The molecule has 0 saturated heterocycles. The summed E-state index contributed by atoms with van der Waals surface area (Å²) in [6.07, 6.45) is 2.36. The molecule has 0 bridgehead atoms. The van der Waals surface area contributed by atoms with Crippen molar-refractivity contribution < 1.29 is 4.79 Å². The Kier molecular flexibility index (Phi) is 10.1. The molecule has 0 spiro atoms. The molecule has 0 atom stereocenters. The van der Waals surface area contributed by atoms with Crippen LogP contribution in [0.2, 0.25) is 0 Å². The molecule has 0 saturated carbocycles. The van der Waals surface area contributed by atoms with E-state index in [1.165, 1.54) is 10.5 Å². The van der Waals surface area contributed by atoms with Crippen LogP contribution in [0.15, 0.2) is 53.4 Å². The number of para-hydroxylation sites is 1. The Balaban J connectivity index is 0.00000320. The van der Waals surface area contributed by atoms with Gasteiger partial charge in [0.2, 0.25) is 5.91 Å². The predicted molar refractivity (Wildman–Crippen MR) is 134 cm³/mol. The van der Waals surface area contributed by atoms with Gasteiger partial charge in [-0.25, -0.2) is 4.98 Å². The summed E-state index contributed by atoms with van der Waals surface area (Å²) in [5.74, 6) is 1.12. The second-order valence-corrected chi connectivity index (χ2v) is 9.61. The lowest BCUT2D eigenvalue weighted by Crippen LogP contribution is -2.33. The molecule has 0 radical (unpaired) electrons. The first kappa shape index (κ1) is 24.7. The molecule has 0 fully saturated rings. The zero-order valence-electron chi connectivity index (χ0n) is 17.8. The first-order chi connectivity index (χ1) is 14.0. The summed E-state index contributed by atoms with van der Waals surface area (Å²) >= 11 is 3.42. The maximum absolute atomic E-state index is 13.0. The van der Waals surface area contributed by atoms with Crippen LogP contribution >= 0.6 is 35.5 Å². The summed E-state index contributed by atoms with van der Waals surface area (Å²) in [6.45, 7) is 3.76. The highest BCUT2D eigenvalue weighted by molar-refractivity contribution is 7.99. The van der Waals surface area contributed by atoms with Gasteiger partial charge in [0.1, 0.15) is 0 Å². The van der Waals surface area contributed by atoms with Crippen LogP contribution in [-0.4, -0.2) is 48.7 Å². The van der Waals surface area contributed by atoms with Crippen molar-refractivity contribution in [2.75, 3.05) is 37.8 Å². The molecule has 0 aliphatic carbocycles. The minimum Gasteiger partial charge on any atom is -0.309 e. The Hall–Kier alpha value is -1.60. The number of carbonyl (C=O) groups excluding carboxylic acids is 1. The number of aryl methyl sites for hydroxylation is 1. The monoisotopic (exact) mass is 463 g/mol. The molecule has 0 N–H and O–H groups in total. The average molecular weight is 464 g/mol. The maximum Gasteiger partial charge on any atom is 0.228 e. The van der Waals surface area contributed by atoms with Gasteiger partial charge in [0.15, 0.2) is 5.13 Å². The molecular weight excluding hydrogens is 434 g/mol. The van der Waals surface area contributed by atoms with Crippen molar-refractivity contribution in [2.45, 2.75) is 31.1 Å². The van der Waals surface area contributed by atoms with Crippen molar-refractivity contribution in [3.8, 4) is 0 Å². The maximum atomic E-state index is 13.0. The Bertz CT molecular complexity index is 895. The Morgan fingerprint density at radius 2 is 1.77 bits per heavy atom. The van der Waals surface area contributed by atoms with Gasteiger partial charge in [0, 0.05) is 17.9 Å². The van der Waals surface area contributed by atoms with Gasteiger partial charge in [0.25, 0.3) is 0 Å². The van der Waals surface area contributed by atoms with Crippen molar-refractivity contribution in [3.05, 3.63) is 54.1 Å². The SMILES string of the molecule is Cc1ccc(SCCCC(=O)N(CCCN(C)C)c2nc3ccccc3s2)cc1.Cl. The lowest BCUT2D eigenvalue weighted by Gasteiger charge is -2.21. The van der Waals surface area contributed by atoms with Gasteiger partial charge in [-0.3, -0.25) is 9.69 Å². The number of fused-ring (bicyclic) bond motifs is 1. The van der Waals surface area contributed by atoms with Gasteiger partial charge < -0.3 is 4.90 Å². The number of amides is 1. The van der Waals surface area contributed by atoms with Gasteiger partial charge in [-0.15, -0.1) is 24.2 Å². The number of nitrogens with zero attached hydrogens (tertiary/aromatic N) is 3. The summed E-state index contributed by atoms with van der Waals surface area (Å²) in [6, 6.07) is 16.7. The molecule has 7 heteroatoms. The molecule has 3 rings (SSSR count). The number of benzene rings is 2. The minimum absolute atomic E-state index is 0. The first-order valence-corrected chi connectivity index (χ1v) is 11.8. The lowest BCUT2D eigenvalue weighted by atomic mass is 10.2. The summed E-state index contributed by atoms with van der Waals surface area (Å²) < 4.78 is 1.13. The summed E-state index contributed by atoms with van der Waals surface area (Å²) in [5.41, 5.74) is 2.24. The molecule has 1 amide bonds. The standard InChI is InChI=1S/C23H29N3OS2.ClH/c1-18-11-13-19(14-12-18)28-17-6-10-22(27)26(16-7-15-25(2)3)23-24-20-8-4-5-9-21(20)29-23;/h4-5,8-9,11-14H,6-7,10,15-17H2,1-3H3;1H. The third kappa shape index (κ3) is 7.27. The second kappa shape index (κ2) is 12.3. The predicted octanol–water partition coefficient (Wildman–Crippen LogP) is 5.88. The van der Waals surface area contributed by atoms with Gasteiger partial charge in [-0.2, -0.15) is 0 Å². The topological polar surface area (TPSA) is 36.4 Å². The molecule has 1 aromatic heterocycles. The van der Waals surface area contributed by atoms with E-state index in [4.69, 9.17) is 4.98 Å². The van der Waals surface area contributed by atoms with Crippen molar-refractivity contribution in [3.63, 3.8) is 0 Å². The van der Waals surface area contributed by atoms with E-state index in [2.05, 4.69) is 56.3 Å². The molecule has 0 aliphatic heterocycles. The summed E-state index contributed by atoms with van der Waals surface area (Å²) in [7, 11) is 4.12. The van der Waals surface area contributed by atoms with Crippen LogP contribution in [0.4, 0.5) is 5.13 Å². The fourth-order valence-electron chi connectivity index (χ4n) is 3.03. The molecule has 2 aromatic carbocycles. The van der Waals surface area contributed by atoms with Crippen LogP contribution in [0.3, 0.4) is 0 Å². The number of hydrogen-bond donors (Lipinski definition) is 0. The van der Waals surface area contributed by atoms with Crippen LogP contribution in [-0.2, 0) is 4.79 Å². The molecule has 3 aromatic rings. The Morgan fingerprint density at radius 3 is 2.47 bits per heavy atom. The molecule has 0 unspecified atom stereocenters. The van der Waals surface area contributed by atoms with Crippen LogP contribution < -0.4 is 4.90 Å².